The third kappa shape index (κ3) is 3.03. The Labute approximate surface area is 145 Å². The van der Waals surface area contributed by atoms with E-state index < -0.39 is 5.97 Å². The van der Waals surface area contributed by atoms with E-state index in [0.29, 0.717) is 16.0 Å². The van der Waals surface area contributed by atoms with Crippen molar-refractivity contribution in [1.29, 1.82) is 0 Å². The molecule has 24 heavy (non-hydrogen) atoms. The van der Waals surface area contributed by atoms with E-state index in [-0.39, 0.29) is 11.8 Å². The van der Waals surface area contributed by atoms with Gasteiger partial charge in [-0.1, -0.05) is 29.8 Å². The lowest BCUT2D eigenvalue weighted by Crippen LogP contribution is -2.16. The van der Waals surface area contributed by atoms with Crippen molar-refractivity contribution in [2.24, 2.45) is 0 Å². The van der Waals surface area contributed by atoms with Crippen molar-refractivity contribution >= 4 is 28.5 Å². The zero-order valence-corrected chi connectivity index (χ0v) is 14.5. The van der Waals surface area contributed by atoms with Gasteiger partial charge in [0, 0.05) is 22.0 Å². The fraction of sp³-hybridized carbons (Fsp3) is 0.211. The standard InChI is InChI=1S/C19H18ClNO3/c1-11(21(2)3)12-5-4-6-13(7-12)16-10-15(20)8-14-9-17(19(22)23)24-18(14)16/h4-11H,1-3H3,(H,22,23). The SMILES string of the molecule is CC(c1cccc(-c2cc(Cl)cc3cc(C(=O)O)oc23)c1)N(C)C. The fourth-order valence-corrected chi connectivity index (χ4v) is 2.93. The number of furan rings is 1. The maximum atomic E-state index is 11.2. The minimum atomic E-state index is -1.09. The van der Waals surface area contributed by atoms with E-state index in [0.717, 1.165) is 16.7 Å². The molecule has 124 valence electrons. The van der Waals surface area contributed by atoms with Crippen LogP contribution in [0, 0.1) is 0 Å². The van der Waals surface area contributed by atoms with Crippen molar-refractivity contribution in [2.75, 3.05) is 14.1 Å². The molecule has 1 N–H and O–H groups in total. The number of fused-ring (bicyclic) bond motifs is 1. The van der Waals surface area contributed by atoms with E-state index in [2.05, 4.69) is 24.0 Å². The van der Waals surface area contributed by atoms with Crippen LogP contribution in [-0.4, -0.2) is 30.1 Å². The lowest BCUT2D eigenvalue weighted by molar-refractivity contribution is 0.0665. The number of aromatic carboxylic acids is 1. The highest BCUT2D eigenvalue weighted by Gasteiger charge is 2.16. The van der Waals surface area contributed by atoms with E-state index in [4.69, 9.17) is 21.1 Å². The summed E-state index contributed by atoms with van der Waals surface area (Å²) in [5.41, 5.74) is 3.43. The number of hydrogen-bond acceptors (Lipinski definition) is 3. The lowest BCUT2D eigenvalue weighted by atomic mass is 9.98. The number of benzene rings is 2. The Morgan fingerprint density at radius 2 is 1.96 bits per heavy atom. The molecule has 1 unspecified atom stereocenters. The van der Waals surface area contributed by atoms with Crippen LogP contribution in [0.25, 0.3) is 22.1 Å². The summed E-state index contributed by atoms with van der Waals surface area (Å²) in [6.07, 6.45) is 0. The molecule has 0 fully saturated rings. The predicted octanol–water partition coefficient (Wildman–Crippen LogP) is 5.07. The van der Waals surface area contributed by atoms with Gasteiger partial charge >= 0.3 is 5.97 Å². The quantitative estimate of drug-likeness (QED) is 0.718. The first-order valence-corrected chi connectivity index (χ1v) is 7.97. The molecule has 0 bridgehead atoms. The van der Waals surface area contributed by atoms with Gasteiger partial charge < -0.3 is 14.4 Å². The number of rotatable bonds is 4. The van der Waals surface area contributed by atoms with Gasteiger partial charge in [-0.05, 0) is 56.4 Å². The van der Waals surface area contributed by atoms with Crippen LogP contribution >= 0.6 is 11.6 Å². The summed E-state index contributed by atoms with van der Waals surface area (Å²) in [6.45, 7) is 2.13. The second-order valence-corrected chi connectivity index (χ2v) is 6.49. The van der Waals surface area contributed by atoms with Crippen molar-refractivity contribution in [3.05, 3.63) is 58.8 Å². The zero-order valence-electron chi connectivity index (χ0n) is 13.7. The molecule has 3 rings (SSSR count). The zero-order chi connectivity index (χ0) is 17.4. The lowest BCUT2D eigenvalue weighted by Gasteiger charge is -2.20. The summed E-state index contributed by atoms with van der Waals surface area (Å²) in [4.78, 5) is 13.3. The molecule has 4 nitrogen and oxygen atoms in total. The van der Waals surface area contributed by atoms with Crippen molar-refractivity contribution in [2.45, 2.75) is 13.0 Å². The first-order valence-electron chi connectivity index (χ1n) is 7.60. The van der Waals surface area contributed by atoms with Crippen molar-refractivity contribution in [1.82, 2.24) is 4.90 Å². The first kappa shape index (κ1) is 16.6. The van der Waals surface area contributed by atoms with Gasteiger partial charge in [-0.3, -0.25) is 0 Å². The van der Waals surface area contributed by atoms with Crippen LogP contribution in [0.3, 0.4) is 0 Å². The van der Waals surface area contributed by atoms with Gasteiger partial charge in [0.05, 0.1) is 0 Å². The normalized spacial score (nSPS) is 12.7. The molecule has 2 aromatic carbocycles. The van der Waals surface area contributed by atoms with Crippen LogP contribution in [0.15, 0.2) is 46.9 Å². The van der Waals surface area contributed by atoms with Gasteiger partial charge in [0.15, 0.2) is 0 Å². The summed E-state index contributed by atoms with van der Waals surface area (Å²) >= 11 is 6.22. The highest BCUT2D eigenvalue weighted by molar-refractivity contribution is 6.32. The predicted molar refractivity (Wildman–Crippen MR) is 95.7 cm³/mol. The van der Waals surface area contributed by atoms with Crippen LogP contribution in [0.4, 0.5) is 0 Å². The molecule has 0 aliphatic rings. The molecule has 0 spiro atoms. The Hall–Kier alpha value is -2.30. The number of nitrogens with zero attached hydrogens (tertiary/aromatic N) is 1. The van der Waals surface area contributed by atoms with E-state index >= 15 is 0 Å². The molecular weight excluding hydrogens is 326 g/mol. The third-order valence-corrected chi connectivity index (χ3v) is 4.46. The molecule has 5 heteroatoms. The van der Waals surface area contributed by atoms with Gasteiger partial charge in [0.2, 0.25) is 5.76 Å². The Morgan fingerprint density at radius 3 is 2.62 bits per heavy atom. The van der Waals surface area contributed by atoms with Gasteiger partial charge in [0.1, 0.15) is 5.58 Å². The molecule has 3 aromatic rings. The Morgan fingerprint density at radius 1 is 1.21 bits per heavy atom. The maximum Gasteiger partial charge on any atom is 0.371 e. The Kier molecular flexibility index (Phi) is 4.35. The minimum Gasteiger partial charge on any atom is -0.475 e. The van der Waals surface area contributed by atoms with Gasteiger partial charge in [-0.2, -0.15) is 0 Å². The van der Waals surface area contributed by atoms with Crippen LogP contribution in [-0.2, 0) is 0 Å². The van der Waals surface area contributed by atoms with E-state index in [9.17, 15) is 4.79 Å². The smallest absolute Gasteiger partial charge is 0.371 e. The van der Waals surface area contributed by atoms with Crippen molar-refractivity contribution < 1.29 is 14.3 Å². The van der Waals surface area contributed by atoms with Crippen molar-refractivity contribution in [3.8, 4) is 11.1 Å². The van der Waals surface area contributed by atoms with Gasteiger partial charge in [0.25, 0.3) is 0 Å². The molecule has 0 radical (unpaired) electrons. The van der Waals surface area contributed by atoms with Gasteiger partial charge in [-0.15, -0.1) is 0 Å². The topological polar surface area (TPSA) is 53.7 Å². The molecule has 1 aromatic heterocycles. The van der Waals surface area contributed by atoms with E-state index in [1.165, 1.54) is 6.07 Å². The van der Waals surface area contributed by atoms with Crippen LogP contribution < -0.4 is 0 Å². The molecular formula is C19H18ClNO3. The summed E-state index contributed by atoms with van der Waals surface area (Å²) in [6, 6.07) is 13.4. The molecule has 0 amide bonds. The molecule has 0 saturated heterocycles. The summed E-state index contributed by atoms with van der Waals surface area (Å²) in [5.74, 6) is -1.19. The first-order chi connectivity index (χ1) is 11.4. The number of carboxylic acids is 1. The molecule has 0 aliphatic heterocycles. The second kappa shape index (κ2) is 6.30. The second-order valence-electron chi connectivity index (χ2n) is 6.05. The highest BCUT2D eigenvalue weighted by atomic mass is 35.5. The average molecular weight is 344 g/mol. The summed E-state index contributed by atoms with van der Waals surface area (Å²) in [7, 11) is 4.06. The molecule has 0 saturated carbocycles. The van der Waals surface area contributed by atoms with Crippen LogP contribution in [0.5, 0.6) is 0 Å². The largest absolute Gasteiger partial charge is 0.475 e. The maximum absolute atomic E-state index is 11.2. The van der Waals surface area contributed by atoms with E-state index in [1.807, 2.05) is 26.2 Å². The monoisotopic (exact) mass is 343 g/mol. The summed E-state index contributed by atoms with van der Waals surface area (Å²) < 4.78 is 5.55. The Balaban J connectivity index is 2.19. The molecule has 1 atom stereocenters. The molecule has 0 aliphatic carbocycles. The number of carboxylic acid groups (broad SMARTS) is 1. The van der Waals surface area contributed by atoms with E-state index in [1.54, 1.807) is 12.1 Å². The number of hydrogen-bond donors (Lipinski definition) is 1. The number of halogens is 1. The fourth-order valence-electron chi connectivity index (χ4n) is 2.70. The van der Waals surface area contributed by atoms with Crippen molar-refractivity contribution in [3.63, 3.8) is 0 Å². The summed E-state index contributed by atoms with van der Waals surface area (Å²) in [5, 5.41) is 10.4. The third-order valence-electron chi connectivity index (χ3n) is 4.25. The Bertz CT molecular complexity index is 914. The number of carbonyl (C=O) groups is 1. The van der Waals surface area contributed by atoms with Gasteiger partial charge in [-0.25, -0.2) is 4.79 Å². The van der Waals surface area contributed by atoms with Crippen LogP contribution in [0.1, 0.15) is 29.1 Å². The molecule has 1 heterocycles. The van der Waals surface area contributed by atoms with Crippen LogP contribution in [0.2, 0.25) is 5.02 Å². The highest BCUT2D eigenvalue weighted by Crippen LogP contribution is 2.35. The average Bonchev–Trinajstić information content (AvgIpc) is 2.97. The minimum absolute atomic E-state index is 0.0914.